The van der Waals surface area contributed by atoms with E-state index in [-0.39, 0.29) is 0 Å². The van der Waals surface area contributed by atoms with Crippen molar-refractivity contribution in [2.75, 3.05) is 4.90 Å². The summed E-state index contributed by atoms with van der Waals surface area (Å²) in [6.07, 6.45) is 0. The molecular formula is C52H33NO2. The molecule has 0 bridgehead atoms. The van der Waals surface area contributed by atoms with Gasteiger partial charge in [0, 0.05) is 44.7 Å². The Labute approximate surface area is 317 Å². The lowest BCUT2D eigenvalue weighted by molar-refractivity contribution is 0.668. The minimum absolute atomic E-state index is 0.859. The first-order chi connectivity index (χ1) is 27.2. The van der Waals surface area contributed by atoms with Crippen LogP contribution in [0.25, 0.3) is 88.0 Å². The Kier molecular flexibility index (Phi) is 7.17. The van der Waals surface area contributed by atoms with Crippen molar-refractivity contribution in [3.8, 4) is 33.4 Å². The van der Waals surface area contributed by atoms with E-state index < -0.39 is 0 Å². The second-order valence-corrected chi connectivity index (χ2v) is 14.1. The maximum Gasteiger partial charge on any atom is 0.137 e. The van der Waals surface area contributed by atoms with Crippen molar-refractivity contribution < 1.29 is 8.83 Å². The van der Waals surface area contributed by atoms with Gasteiger partial charge in [-0.1, -0.05) is 133 Å². The van der Waals surface area contributed by atoms with Crippen LogP contribution in [0.1, 0.15) is 0 Å². The van der Waals surface area contributed by atoms with Gasteiger partial charge >= 0.3 is 0 Å². The zero-order chi connectivity index (χ0) is 36.3. The van der Waals surface area contributed by atoms with Gasteiger partial charge in [0.1, 0.15) is 22.3 Å². The normalized spacial score (nSPS) is 11.6. The minimum Gasteiger partial charge on any atom is -0.456 e. The minimum atomic E-state index is 0.859. The molecule has 3 heteroatoms. The molecule has 11 rings (SSSR count). The van der Waals surface area contributed by atoms with Gasteiger partial charge in [-0.3, -0.25) is 0 Å². The molecule has 0 spiro atoms. The lowest BCUT2D eigenvalue weighted by atomic mass is 9.95. The Balaban J connectivity index is 1.04. The second kappa shape index (κ2) is 12.6. The average molecular weight is 704 g/mol. The molecule has 3 nitrogen and oxygen atoms in total. The molecule has 0 amide bonds. The quantitative estimate of drug-likeness (QED) is 0.173. The van der Waals surface area contributed by atoms with Gasteiger partial charge in [-0.25, -0.2) is 0 Å². The van der Waals surface area contributed by atoms with E-state index in [1.54, 1.807) is 0 Å². The number of fused-ring (bicyclic) bond motifs is 7. The molecule has 0 aliphatic heterocycles. The van der Waals surface area contributed by atoms with Crippen LogP contribution in [0.4, 0.5) is 17.1 Å². The summed E-state index contributed by atoms with van der Waals surface area (Å²) in [5.41, 5.74) is 13.7. The fourth-order valence-corrected chi connectivity index (χ4v) is 8.27. The van der Waals surface area contributed by atoms with Crippen LogP contribution in [0.5, 0.6) is 0 Å². The summed E-state index contributed by atoms with van der Waals surface area (Å²) in [6, 6.07) is 71.1. The number of para-hydroxylation sites is 2. The van der Waals surface area contributed by atoms with Crippen molar-refractivity contribution in [1.29, 1.82) is 0 Å². The van der Waals surface area contributed by atoms with Gasteiger partial charge in [0.25, 0.3) is 0 Å². The van der Waals surface area contributed by atoms with Crippen molar-refractivity contribution in [2.45, 2.75) is 0 Å². The van der Waals surface area contributed by atoms with Crippen molar-refractivity contribution in [3.05, 3.63) is 200 Å². The van der Waals surface area contributed by atoms with E-state index in [9.17, 15) is 0 Å². The van der Waals surface area contributed by atoms with Crippen LogP contribution < -0.4 is 4.90 Å². The Bertz CT molecular complexity index is 3220. The predicted molar refractivity (Wildman–Crippen MR) is 229 cm³/mol. The molecule has 0 aliphatic carbocycles. The SMILES string of the molecule is c1cc(-c2cccc(N(c3ccc(-c4cccc5oc6ccccc6c45)cc3)c3ccc4c(c3)oc3ccccc34)c2)cc(-c2cccc3ccccc23)c1. The van der Waals surface area contributed by atoms with E-state index in [0.717, 1.165) is 83.2 Å². The lowest BCUT2D eigenvalue weighted by Crippen LogP contribution is -2.10. The molecule has 55 heavy (non-hydrogen) atoms. The second-order valence-electron chi connectivity index (χ2n) is 14.1. The summed E-state index contributed by atoms with van der Waals surface area (Å²) >= 11 is 0. The number of furan rings is 2. The summed E-state index contributed by atoms with van der Waals surface area (Å²) in [5, 5.41) is 6.98. The van der Waals surface area contributed by atoms with Crippen molar-refractivity contribution in [3.63, 3.8) is 0 Å². The van der Waals surface area contributed by atoms with Crippen LogP contribution >= 0.6 is 0 Å². The van der Waals surface area contributed by atoms with Gasteiger partial charge in [-0.2, -0.15) is 0 Å². The first kappa shape index (κ1) is 31.2. The van der Waals surface area contributed by atoms with E-state index in [0.29, 0.717) is 0 Å². The van der Waals surface area contributed by atoms with Crippen LogP contribution in [0, 0.1) is 0 Å². The maximum absolute atomic E-state index is 6.40. The summed E-state index contributed by atoms with van der Waals surface area (Å²) < 4.78 is 12.6. The number of benzene rings is 9. The van der Waals surface area contributed by atoms with Crippen LogP contribution in [-0.4, -0.2) is 0 Å². The molecule has 0 radical (unpaired) electrons. The molecule has 0 saturated heterocycles. The number of hydrogen-bond acceptors (Lipinski definition) is 3. The summed E-state index contributed by atoms with van der Waals surface area (Å²) in [4.78, 5) is 2.32. The first-order valence-corrected chi connectivity index (χ1v) is 18.7. The lowest BCUT2D eigenvalue weighted by Gasteiger charge is -2.26. The number of anilines is 3. The highest BCUT2D eigenvalue weighted by Gasteiger charge is 2.18. The smallest absolute Gasteiger partial charge is 0.137 e. The van der Waals surface area contributed by atoms with E-state index in [1.807, 2.05) is 30.3 Å². The highest BCUT2D eigenvalue weighted by Crippen LogP contribution is 2.42. The number of rotatable bonds is 6. The number of hydrogen-bond donors (Lipinski definition) is 0. The largest absolute Gasteiger partial charge is 0.456 e. The van der Waals surface area contributed by atoms with Crippen LogP contribution in [0.15, 0.2) is 209 Å². The maximum atomic E-state index is 6.40. The Morgan fingerprint density at radius 1 is 0.291 bits per heavy atom. The van der Waals surface area contributed by atoms with Gasteiger partial charge in [0.2, 0.25) is 0 Å². The molecular weight excluding hydrogens is 671 g/mol. The van der Waals surface area contributed by atoms with Gasteiger partial charge in [-0.15, -0.1) is 0 Å². The van der Waals surface area contributed by atoms with Gasteiger partial charge < -0.3 is 13.7 Å². The molecule has 0 saturated carbocycles. The third-order valence-electron chi connectivity index (χ3n) is 10.9. The van der Waals surface area contributed by atoms with Crippen molar-refractivity contribution >= 4 is 71.7 Å². The summed E-state index contributed by atoms with van der Waals surface area (Å²) in [7, 11) is 0. The number of nitrogens with zero attached hydrogens (tertiary/aromatic N) is 1. The Hall–Kier alpha value is -7.36. The molecule has 2 aromatic heterocycles. The van der Waals surface area contributed by atoms with Crippen LogP contribution in [-0.2, 0) is 0 Å². The van der Waals surface area contributed by atoms with Crippen LogP contribution in [0.2, 0.25) is 0 Å². The van der Waals surface area contributed by atoms with Crippen LogP contribution in [0.3, 0.4) is 0 Å². The third-order valence-corrected chi connectivity index (χ3v) is 10.9. The topological polar surface area (TPSA) is 29.5 Å². The standard InChI is InChI=1S/C52H33NO2/c1-2-17-42-34(11-1)12-9-20-43(42)38-15-7-13-36(31-38)37-14-8-16-40(32-37)53(41-29-30-46-45-18-3-5-22-48(45)55-51(46)33-41)39-27-25-35(26-28-39)44-21-10-24-50-52(44)47-19-4-6-23-49(47)54-50/h1-33H. The van der Waals surface area contributed by atoms with E-state index in [2.05, 4.69) is 175 Å². The molecule has 2 heterocycles. The molecule has 0 fully saturated rings. The Morgan fingerprint density at radius 3 is 1.73 bits per heavy atom. The third kappa shape index (κ3) is 5.28. The molecule has 0 atom stereocenters. The molecule has 0 aliphatic rings. The zero-order valence-electron chi connectivity index (χ0n) is 29.8. The molecule has 258 valence electrons. The Morgan fingerprint density at radius 2 is 0.855 bits per heavy atom. The van der Waals surface area contributed by atoms with Gasteiger partial charge in [0.15, 0.2) is 0 Å². The summed E-state index contributed by atoms with van der Waals surface area (Å²) in [6.45, 7) is 0. The average Bonchev–Trinajstić information content (AvgIpc) is 3.82. The van der Waals surface area contributed by atoms with E-state index in [4.69, 9.17) is 8.83 Å². The van der Waals surface area contributed by atoms with Gasteiger partial charge in [0.05, 0.1) is 0 Å². The zero-order valence-corrected chi connectivity index (χ0v) is 29.8. The monoisotopic (exact) mass is 703 g/mol. The molecule has 0 N–H and O–H groups in total. The van der Waals surface area contributed by atoms with Gasteiger partial charge in [-0.05, 0) is 105 Å². The van der Waals surface area contributed by atoms with Crippen molar-refractivity contribution in [1.82, 2.24) is 0 Å². The summed E-state index contributed by atoms with van der Waals surface area (Å²) in [5.74, 6) is 0. The molecule has 11 aromatic rings. The first-order valence-electron chi connectivity index (χ1n) is 18.7. The molecule has 9 aromatic carbocycles. The predicted octanol–water partition coefficient (Wildman–Crippen LogP) is 15.1. The van der Waals surface area contributed by atoms with Crippen molar-refractivity contribution in [2.24, 2.45) is 0 Å². The highest BCUT2D eigenvalue weighted by atomic mass is 16.3. The van der Waals surface area contributed by atoms with E-state index >= 15 is 0 Å². The van der Waals surface area contributed by atoms with E-state index in [1.165, 1.54) is 21.9 Å². The fraction of sp³-hybridized carbons (Fsp3) is 0. The highest BCUT2D eigenvalue weighted by molar-refractivity contribution is 6.12. The fourth-order valence-electron chi connectivity index (χ4n) is 8.27. The molecule has 0 unspecified atom stereocenters.